The second-order valence-corrected chi connectivity index (χ2v) is 34.4. The molecule has 0 aromatic rings. The Bertz CT molecular complexity index is 3510. The van der Waals surface area contributed by atoms with Gasteiger partial charge in [0.05, 0.1) is 85.9 Å². The average molecular weight is 1980 g/mol. The van der Waals surface area contributed by atoms with Gasteiger partial charge in [0.2, 0.25) is 0 Å². The largest absolute Gasteiger partial charge is 0.394 e. The lowest BCUT2D eigenvalue weighted by molar-refractivity contribution is -0.403. The Labute approximate surface area is 754 Å². The number of aliphatic hydroxyl groups excluding tert-OH is 36. The fraction of sp³-hybridized carbons (Fsp3) is 1.00. The summed E-state index contributed by atoms with van der Waals surface area (Å²) in [4.78, 5) is 0. The molecule has 780 valence electrons. The summed E-state index contributed by atoms with van der Waals surface area (Å²) in [6.45, 7) is -11.7. The fourth-order valence-electron chi connectivity index (χ4n) is 17.0. The molecule has 61 heteroatoms. The molecular weight excluding hydrogens is 1850 g/mol. The molecule has 0 spiro atoms. The molecular formula is C73H122O61. The lowest BCUT2D eigenvalue weighted by atomic mass is 9.95. The summed E-state index contributed by atoms with van der Waals surface area (Å²) in [5.41, 5.74) is 0. The molecule has 61 nitrogen and oxygen atoms in total. The molecule has 36 N–H and O–H groups in total. The van der Waals surface area contributed by atoms with Gasteiger partial charge in [0.25, 0.3) is 0 Å². The van der Waals surface area contributed by atoms with Gasteiger partial charge in [-0.05, 0) is 0 Å². The molecule has 13 heterocycles. The molecule has 0 radical (unpaired) electrons. The highest BCUT2D eigenvalue weighted by atomic mass is 16.8. The van der Waals surface area contributed by atoms with E-state index in [0.717, 1.165) is 0 Å². The highest BCUT2D eigenvalue weighted by Crippen LogP contribution is 2.42. The highest BCUT2D eigenvalue weighted by molar-refractivity contribution is 5.04. The topological polar surface area (TPSA) is 959 Å². The van der Waals surface area contributed by atoms with Crippen molar-refractivity contribution in [3.8, 4) is 0 Å². The van der Waals surface area contributed by atoms with E-state index < -0.39 is 455 Å². The molecule has 0 amide bonds. The molecule has 0 bridgehead atoms. The standard InChI is InChI=1S/C73H122O61/c74-1-19-54(34(89)41(96)61(109)120-19)128-70-50(105)38(93)59(25(124-70)12-118-65-45(100)30(85)17(80)7-113-65)133-73-53(108)40(95)60(26(127-73)13-119-66-46(101)31(86)18(81)8-114-66)134-72-52(107)39(94)58(24(126-72)11-117-64-44(99)29(84)16(79)6-112-64)132-69-49(104)36(91)56(21(3-76)122-69)130-71-51(106)37(92)57(23(125-71)10-116-63-43(98)28(83)15(78)5-111-63)131-68-48(103)35(90)55(20(2-75)121-68)129-67-47(102)33(88)32(87)22(123-67)9-115-62-42(97)27(82)14(77)4-110-62/h14-109H,1-13H2/t14-,15-,16-,17-,18-,19-,20-,21-,22-,23-,24-,25-,26-,27+,28+,29+,30+,31+,32-,33+,34-,35-,36-,37-,38-,39-,40-,41-,42-,43-,44-,45-,46-,47-,48-,49-,50-,51-,52-,53-,54-,55-,56-,57-,58-,59-,60-,61?,62-,63-,64-,65-,66-,67+,68+,69+,70+,71+,72+,73+/m1/s1. The minimum atomic E-state index is -2.57. The number of ether oxygens (including phenoxy) is 25. The Morgan fingerprint density at radius 1 is 0.157 bits per heavy atom. The minimum absolute atomic E-state index is 0.515. The first-order valence-corrected chi connectivity index (χ1v) is 42.8. The van der Waals surface area contributed by atoms with E-state index in [1.807, 2.05) is 0 Å². The van der Waals surface area contributed by atoms with Gasteiger partial charge >= 0.3 is 0 Å². The van der Waals surface area contributed by atoms with E-state index in [4.69, 9.17) is 118 Å². The maximum absolute atomic E-state index is 12.3. The van der Waals surface area contributed by atoms with E-state index in [-0.39, 0.29) is 0 Å². The zero-order chi connectivity index (χ0) is 97.5. The third kappa shape index (κ3) is 23.5. The third-order valence-corrected chi connectivity index (χ3v) is 25.1. The van der Waals surface area contributed by atoms with Crippen molar-refractivity contribution in [2.45, 2.75) is 369 Å². The van der Waals surface area contributed by atoms with Gasteiger partial charge in [-0.15, -0.1) is 0 Å². The molecule has 0 aromatic heterocycles. The van der Waals surface area contributed by atoms with Gasteiger partial charge < -0.3 is 302 Å². The fourth-order valence-corrected chi connectivity index (χ4v) is 17.0. The van der Waals surface area contributed by atoms with Gasteiger partial charge in [-0.3, -0.25) is 0 Å². The summed E-state index contributed by atoms with van der Waals surface area (Å²) in [5.74, 6) is 0. The smallest absolute Gasteiger partial charge is 0.187 e. The van der Waals surface area contributed by atoms with Crippen LogP contribution in [0.3, 0.4) is 0 Å². The number of hydrogen-bond donors (Lipinski definition) is 36. The van der Waals surface area contributed by atoms with E-state index in [1.54, 1.807) is 0 Å². The van der Waals surface area contributed by atoms with Crippen LogP contribution in [0.1, 0.15) is 0 Å². The second-order valence-electron chi connectivity index (χ2n) is 34.4. The van der Waals surface area contributed by atoms with Gasteiger partial charge in [0.15, 0.2) is 81.8 Å². The van der Waals surface area contributed by atoms with Gasteiger partial charge in [-0.1, -0.05) is 0 Å². The Morgan fingerprint density at radius 3 is 0.537 bits per heavy atom. The minimum Gasteiger partial charge on any atom is -0.394 e. The zero-order valence-electron chi connectivity index (χ0n) is 70.1. The van der Waals surface area contributed by atoms with Gasteiger partial charge in [-0.2, -0.15) is 0 Å². The van der Waals surface area contributed by atoms with Crippen LogP contribution in [0.15, 0.2) is 0 Å². The molecule has 1 unspecified atom stereocenters. The van der Waals surface area contributed by atoms with Gasteiger partial charge in [0.1, 0.15) is 287 Å². The molecule has 134 heavy (non-hydrogen) atoms. The van der Waals surface area contributed by atoms with Crippen LogP contribution >= 0.6 is 0 Å². The SMILES string of the molecule is OC[C@H]1O[C@@H](O[C@H]2[C@H](O)[C@@H](O)[C@H](O[C@H]3[C@H](O)[C@@H](O)[C@H](O[C@H]4[C@H](O)[C@@H](O)[C@H](O[C@H]5[C@H](O)[C@@H](O)[C@H](O[C@H]6[C@H](O)[C@@H](O)[C@H](O[C@H]7[C@H](O)[C@@H](O)C(O)O[C@@H]7CO)O[C@@H]6CO[C@H]6OC[C@@H](O)[C@H](O)[C@H]6O)O[C@@H]5CO[C@H]5OC[C@@H](O)[C@H](O)[C@H]5O)O[C@@H]4CO[C@H]4OC[C@@H](O)[C@H](O)[C@H]4O)O[C@@H]3CO)O[C@@H]2CO[C@H]2OC[C@@H](O)[C@H](O)[C@H]2O)[C@H](O)[C@@H](O)[C@@H]1O[C@@H]1O[C@H](CO[C@H]2OC[C@@H](O)[C@H](O)[C@H]2O)[C@@H](O)[C@H](O)[C@H]1O. The van der Waals surface area contributed by atoms with Crippen molar-refractivity contribution in [2.75, 3.05) is 85.9 Å². The van der Waals surface area contributed by atoms with Gasteiger partial charge in [0, 0.05) is 0 Å². The predicted octanol–water partition coefficient (Wildman–Crippen LogP) is -26.1. The Balaban J connectivity index is 0.714. The van der Waals surface area contributed by atoms with E-state index in [2.05, 4.69) is 0 Å². The molecule has 13 aliphatic heterocycles. The molecule has 0 saturated carbocycles. The molecule has 13 saturated heterocycles. The van der Waals surface area contributed by atoms with Crippen LogP contribution in [0.25, 0.3) is 0 Å². The van der Waals surface area contributed by atoms with Crippen LogP contribution in [-0.4, -0.2) is 638 Å². The molecule has 60 atom stereocenters. The van der Waals surface area contributed by atoms with Crippen LogP contribution in [-0.2, 0) is 118 Å². The van der Waals surface area contributed by atoms with E-state index in [1.165, 1.54) is 0 Å². The molecule has 0 aliphatic carbocycles. The lowest BCUT2D eigenvalue weighted by Crippen LogP contribution is -2.69. The monoisotopic (exact) mass is 1970 g/mol. The average Bonchev–Trinajstić information content (AvgIpc) is 0.790. The number of aliphatic hydroxyl groups is 36. The highest BCUT2D eigenvalue weighted by Gasteiger charge is 2.62. The molecule has 13 fully saturated rings. The molecule has 13 aliphatic rings. The van der Waals surface area contributed by atoms with Crippen molar-refractivity contribution in [2.24, 2.45) is 0 Å². The van der Waals surface area contributed by atoms with Gasteiger partial charge in [-0.25, -0.2) is 0 Å². The first-order chi connectivity index (χ1) is 63.5. The summed E-state index contributed by atoms with van der Waals surface area (Å²) in [7, 11) is 0. The summed E-state index contributed by atoms with van der Waals surface area (Å²) in [6, 6.07) is 0. The summed E-state index contributed by atoms with van der Waals surface area (Å²) in [6.07, 6.45) is -126. The Kier molecular flexibility index (Phi) is 38.3. The quantitative estimate of drug-likeness (QED) is 0.0297. The van der Waals surface area contributed by atoms with Crippen molar-refractivity contribution in [3.63, 3.8) is 0 Å². The van der Waals surface area contributed by atoms with Crippen LogP contribution in [0.4, 0.5) is 0 Å². The van der Waals surface area contributed by atoms with Crippen LogP contribution in [0.5, 0.6) is 0 Å². The summed E-state index contributed by atoms with van der Waals surface area (Å²) in [5, 5.41) is 397. The van der Waals surface area contributed by atoms with Crippen molar-refractivity contribution < 1.29 is 302 Å². The Hall–Kier alpha value is -2.44. The number of rotatable bonds is 32. The maximum Gasteiger partial charge on any atom is 0.187 e. The van der Waals surface area contributed by atoms with Crippen LogP contribution < -0.4 is 0 Å². The zero-order valence-corrected chi connectivity index (χ0v) is 70.1. The van der Waals surface area contributed by atoms with Crippen molar-refractivity contribution in [1.82, 2.24) is 0 Å². The summed E-state index contributed by atoms with van der Waals surface area (Å²) < 4.78 is 143. The normalized spacial score (nSPS) is 54.2. The third-order valence-electron chi connectivity index (χ3n) is 25.1. The number of hydrogen-bond acceptors (Lipinski definition) is 61. The lowest BCUT2D eigenvalue weighted by Gasteiger charge is -2.50. The van der Waals surface area contributed by atoms with Crippen molar-refractivity contribution >= 4 is 0 Å². The van der Waals surface area contributed by atoms with E-state index in [9.17, 15) is 184 Å². The van der Waals surface area contributed by atoms with Crippen LogP contribution in [0, 0.1) is 0 Å². The maximum atomic E-state index is 12.3. The van der Waals surface area contributed by atoms with E-state index >= 15 is 0 Å². The molecule has 13 rings (SSSR count). The molecule has 0 aromatic carbocycles. The van der Waals surface area contributed by atoms with Crippen LogP contribution in [0.2, 0.25) is 0 Å². The Morgan fingerprint density at radius 2 is 0.321 bits per heavy atom. The first-order valence-electron chi connectivity index (χ1n) is 42.8. The summed E-state index contributed by atoms with van der Waals surface area (Å²) >= 11 is 0. The first kappa shape index (κ1) is 109. The van der Waals surface area contributed by atoms with E-state index in [0.29, 0.717) is 0 Å². The second kappa shape index (κ2) is 47.2. The van der Waals surface area contributed by atoms with Crippen molar-refractivity contribution in [3.05, 3.63) is 0 Å². The predicted molar refractivity (Wildman–Crippen MR) is 398 cm³/mol. The van der Waals surface area contributed by atoms with Crippen molar-refractivity contribution in [1.29, 1.82) is 0 Å².